The van der Waals surface area contributed by atoms with Gasteiger partial charge in [0.25, 0.3) is 0 Å². The molecule has 0 atom stereocenters. The number of esters is 1. The minimum absolute atomic E-state index is 0.240. The fourth-order valence-electron chi connectivity index (χ4n) is 2.72. The fourth-order valence-corrected chi connectivity index (χ4v) is 2.72. The third kappa shape index (κ3) is 3.23. The highest BCUT2D eigenvalue weighted by Gasteiger charge is 2.15. The number of hydrogen-bond acceptors (Lipinski definition) is 3. The van der Waals surface area contributed by atoms with Gasteiger partial charge in [0, 0.05) is 23.5 Å². The predicted octanol–water partition coefficient (Wildman–Crippen LogP) is 3.86. The Labute approximate surface area is 133 Å². The average molecular weight is 312 g/mol. The van der Waals surface area contributed by atoms with Gasteiger partial charge in [-0.2, -0.15) is 0 Å². The lowest BCUT2D eigenvalue weighted by Crippen LogP contribution is -2.01. The van der Waals surface area contributed by atoms with Crippen molar-refractivity contribution in [2.24, 2.45) is 0 Å². The zero-order valence-corrected chi connectivity index (χ0v) is 12.8. The molecule has 0 spiro atoms. The number of pyridine rings is 1. The highest BCUT2D eigenvalue weighted by atomic mass is 19.1. The van der Waals surface area contributed by atoms with Crippen LogP contribution < -0.4 is 0 Å². The lowest BCUT2D eigenvalue weighted by molar-refractivity contribution is -0.140. The molecule has 4 nitrogen and oxygen atoms in total. The van der Waals surface area contributed by atoms with Crippen LogP contribution in [-0.2, 0) is 16.0 Å². The molecule has 0 radical (unpaired) electrons. The number of rotatable bonds is 5. The molecule has 0 unspecified atom stereocenters. The highest BCUT2D eigenvalue weighted by molar-refractivity contribution is 5.90. The molecule has 0 aliphatic rings. The summed E-state index contributed by atoms with van der Waals surface area (Å²) in [6.07, 6.45) is 3.33. The first-order valence-corrected chi connectivity index (χ1v) is 7.47. The monoisotopic (exact) mass is 312 g/mol. The predicted molar refractivity (Wildman–Crippen MR) is 86.4 cm³/mol. The van der Waals surface area contributed by atoms with E-state index in [1.54, 1.807) is 12.3 Å². The zero-order chi connectivity index (χ0) is 16.2. The largest absolute Gasteiger partial charge is 0.469 e. The lowest BCUT2D eigenvalue weighted by atomic mass is 10.0. The minimum Gasteiger partial charge on any atom is -0.469 e. The van der Waals surface area contributed by atoms with Gasteiger partial charge in [-0.3, -0.25) is 9.78 Å². The smallest absolute Gasteiger partial charge is 0.305 e. The number of aromatic amines is 1. The summed E-state index contributed by atoms with van der Waals surface area (Å²) in [6, 6.07) is 10.3. The van der Waals surface area contributed by atoms with Crippen LogP contribution in [0.4, 0.5) is 4.39 Å². The van der Waals surface area contributed by atoms with E-state index in [0.717, 1.165) is 27.9 Å². The van der Waals surface area contributed by atoms with E-state index in [4.69, 9.17) is 0 Å². The van der Waals surface area contributed by atoms with Crippen molar-refractivity contribution in [3.8, 4) is 11.4 Å². The van der Waals surface area contributed by atoms with Crippen molar-refractivity contribution in [3.05, 3.63) is 54.0 Å². The summed E-state index contributed by atoms with van der Waals surface area (Å²) in [5.41, 5.74) is 3.51. The van der Waals surface area contributed by atoms with Gasteiger partial charge in [0.1, 0.15) is 5.82 Å². The number of nitrogens with one attached hydrogen (secondary N) is 1. The first-order chi connectivity index (χ1) is 11.2. The summed E-state index contributed by atoms with van der Waals surface area (Å²) in [4.78, 5) is 19.0. The second kappa shape index (κ2) is 6.60. The average Bonchev–Trinajstić information content (AvgIpc) is 2.93. The Kier molecular flexibility index (Phi) is 4.37. The number of halogens is 1. The molecule has 23 heavy (non-hydrogen) atoms. The number of nitrogens with zero attached hydrogens (tertiary/aromatic N) is 1. The van der Waals surface area contributed by atoms with E-state index in [0.29, 0.717) is 19.3 Å². The number of aryl methyl sites for hydroxylation is 1. The van der Waals surface area contributed by atoms with Gasteiger partial charge in [-0.05, 0) is 48.7 Å². The maximum absolute atomic E-state index is 13.6. The standard InChI is InChI=1S/C18H17FN2O2/c1-23-17(22)7-4-5-13-14-11-12(19)8-9-15(14)21-18(13)16-6-2-3-10-20-16/h2-3,6,8-11,21H,4-5,7H2,1H3. The van der Waals surface area contributed by atoms with Crippen molar-refractivity contribution < 1.29 is 13.9 Å². The van der Waals surface area contributed by atoms with Crippen molar-refractivity contribution in [3.63, 3.8) is 0 Å². The Balaban J connectivity index is 2.01. The molecule has 0 aliphatic heterocycles. The Morgan fingerprint density at radius 1 is 1.30 bits per heavy atom. The quantitative estimate of drug-likeness (QED) is 0.728. The maximum atomic E-state index is 13.6. The first-order valence-electron chi connectivity index (χ1n) is 7.47. The molecule has 3 rings (SSSR count). The van der Waals surface area contributed by atoms with E-state index in [1.807, 2.05) is 18.2 Å². The van der Waals surface area contributed by atoms with Crippen molar-refractivity contribution in [2.75, 3.05) is 7.11 Å². The van der Waals surface area contributed by atoms with Gasteiger partial charge >= 0.3 is 5.97 Å². The summed E-state index contributed by atoms with van der Waals surface area (Å²) in [5, 5.41) is 0.829. The van der Waals surface area contributed by atoms with Crippen LogP contribution in [0.2, 0.25) is 0 Å². The van der Waals surface area contributed by atoms with Crippen molar-refractivity contribution in [1.29, 1.82) is 0 Å². The molecule has 2 heterocycles. The number of fused-ring (bicyclic) bond motifs is 1. The Bertz CT molecular complexity index is 828. The summed E-state index contributed by atoms with van der Waals surface area (Å²) >= 11 is 0. The van der Waals surface area contributed by atoms with Crippen molar-refractivity contribution in [1.82, 2.24) is 9.97 Å². The van der Waals surface area contributed by atoms with E-state index < -0.39 is 0 Å². The van der Waals surface area contributed by atoms with E-state index >= 15 is 0 Å². The Morgan fingerprint density at radius 2 is 2.17 bits per heavy atom. The number of benzene rings is 1. The molecule has 0 amide bonds. The normalized spacial score (nSPS) is 10.9. The molecule has 0 fully saturated rings. The fraction of sp³-hybridized carbons (Fsp3) is 0.222. The number of carbonyl (C=O) groups excluding carboxylic acids is 1. The number of aromatic nitrogens is 2. The number of ether oxygens (including phenoxy) is 1. The van der Waals surface area contributed by atoms with Crippen LogP contribution in [-0.4, -0.2) is 23.0 Å². The van der Waals surface area contributed by atoms with Crippen molar-refractivity contribution >= 4 is 16.9 Å². The lowest BCUT2D eigenvalue weighted by Gasteiger charge is -2.04. The molecule has 0 saturated carbocycles. The number of H-pyrrole nitrogens is 1. The second-order valence-corrected chi connectivity index (χ2v) is 5.31. The molecule has 1 N–H and O–H groups in total. The highest BCUT2D eigenvalue weighted by Crippen LogP contribution is 2.31. The molecule has 0 saturated heterocycles. The molecule has 118 valence electrons. The molecule has 1 aromatic carbocycles. The maximum Gasteiger partial charge on any atom is 0.305 e. The Hall–Kier alpha value is -2.69. The zero-order valence-electron chi connectivity index (χ0n) is 12.8. The topological polar surface area (TPSA) is 55.0 Å². The van der Waals surface area contributed by atoms with Crippen LogP contribution in [0, 0.1) is 5.82 Å². The van der Waals surface area contributed by atoms with Crippen LogP contribution in [0.5, 0.6) is 0 Å². The van der Waals surface area contributed by atoms with Gasteiger partial charge in [-0.25, -0.2) is 4.39 Å². The summed E-state index contributed by atoms with van der Waals surface area (Å²) in [7, 11) is 1.38. The third-order valence-corrected chi connectivity index (χ3v) is 3.82. The van der Waals surface area contributed by atoms with E-state index in [9.17, 15) is 9.18 Å². The van der Waals surface area contributed by atoms with Crippen LogP contribution in [0.15, 0.2) is 42.6 Å². The first kappa shape index (κ1) is 15.2. The summed E-state index contributed by atoms with van der Waals surface area (Å²) in [6.45, 7) is 0. The molecule has 5 heteroatoms. The van der Waals surface area contributed by atoms with Crippen molar-refractivity contribution in [2.45, 2.75) is 19.3 Å². The van der Waals surface area contributed by atoms with Crippen LogP contribution in [0.25, 0.3) is 22.3 Å². The number of hydrogen-bond donors (Lipinski definition) is 1. The molecule has 0 aliphatic carbocycles. The van der Waals surface area contributed by atoms with E-state index in [-0.39, 0.29) is 11.8 Å². The van der Waals surface area contributed by atoms with Crippen LogP contribution in [0.1, 0.15) is 18.4 Å². The van der Waals surface area contributed by atoms with Gasteiger partial charge in [0.15, 0.2) is 0 Å². The second-order valence-electron chi connectivity index (χ2n) is 5.31. The SMILES string of the molecule is COC(=O)CCCc1c(-c2ccccn2)[nH]c2ccc(F)cc12. The summed E-state index contributed by atoms with van der Waals surface area (Å²) in [5.74, 6) is -0.520. The summed E-state index contributed by atoms with van der Waals surface area (Å²) < 4.78 is 18.3. The van der Waals surface area contributed by atoms with Crippen LogP contribution in [0.3, 0.4) is 0 Å². The third-order valence-electron chi connectivity index (χ3n) is 3.82. The number of carbonyl (C=O) groups is 1. The van der Waals surface area contributed by atoms with Gasteiger partial charge in [-0.1, -0.05) is 6.07 Å². The molecule has 2 aromatic heterocycles. The van der Waals surface area contributed by atoms with Gasteiger partial charge in [-0.15, -0.1) is 0 Å². The van der Waals surface area contributed by atoms with E-state index in [2.05, 4.69) is 14.7 Å². The molecular formula is C18H17FN2O2. The van der Waals surface area contributed by atoms with Gasteiger partial charge in [0.2, 0.25) is 0 Å². The van der Waals surface area contributed by atoms with Crippen LogP contribution >= 0.6 is 0 Å². The van der Waals surface area contributed by atoms with E-state index in [1.165, 1.54) is 19.2 Å². The van der Waals surface area contributed by atoms with Gasteiger partial charge < -0.3 is 9.72 Å². The number of methoxy groups -OCH3 is 1. The Morgan fingerprint density at radius 3 is 2.91 bits per heavy atom. The molecule has 0 bridgehead atoms. The minimum atomic E-state index is -0.279. The molecular weight excluding hydrogens is 295 g/mol. The van der Waals surface area contributed by atoms with Gasteiger partial charge in [0.05, 0.1) is 18.5 Å². The molecule has 3 aromatic rings.